The molecule has 3 heterocycles. The molecule has 1 fully saturated rings. The van der Waals surface area contributed by atoms with E-state index in [1.807, 2.05) is 31.3 Å². The minimum Gasteiger partial charge on any atom is -0.466 e. The van der Waals surface area contributed by atoms with Crippen LogP contribution >= 0.6 is 0 Å². The molecule has 0 aliphatic carbocycles. The van der Waals surface area contributed by atoms with Crippen LogP contribution in [0.1, 0.15) is 31.9 Å². The van der Waals surface area contributed by atoms with Gasteiger partial charge in [-0.3, -0.25) is 9.78 Å². The molecule has 1 aromatic heterocycles. The molecule has 0 bridgehead atoms. The maximum atomic E-state index is 12.1. The molecule has 0 N–H and O–H groups in total. The van der Waals surface area contributed by atoms with Gasteiger partial charge in [0.05, 0.1) is 18.2 Å². The van der Waals surface area contributed by atoms with E-state index in [1.54, 1.807) is 7.11 Å². The second-order valence-electron chi connectivity index (χ2n) is 7.71. The third-order valence-corrected chi connectivity index (χ3v) is 5.65. The van der Waals surface area contributed by atoms with Gasteiger partial charge in [0.1, 0.15) is 5.69 Å². The van der Waals surface area contributed by atoms with Crippen LogP contribution in [-0.2, 0) is 20.7 Å². The Hall–Kier alpha value is -2.87. The second-order valence-corrected chi connectivity index (χ2v) is 7.71. The van der Waals surface area contributed by atoms with Crippen LogP contribution in [0.15, 0.2) is 24.4 Å². The molecule has 2 aliphatic rings. The molecule has 1 aromatic carbocycles. The summed E-state index contributed by atoms with van der Waals surface area (Å²) in [5, 5.41) is 0. The van der Waals surface area contributed by atoms with Gasteiger partial charge in [0, 0.05) is 38.6 Å². The number of ether oxygens (including phenoxy) is 4. The zero-order chi connectivity index (χ0) is 21.6. The predicted octanol–water partition coefficient (Wildman–Crippen LogP) is 3.23. The van der Waals surface area contributed by atoms with Crippen molar-refractivity contribution in [3.8, 4) is 22.8 Å². The maximum Gasteiger partial charge on any atom is 0.309 e. The van der Waals surface area contributed by atoms with Crippen molar-refractivity contribution in [1.82, 2.24) is 9.97 Å². The fraction of sp³-hybridized carbons (Fsp3) is 0.522. The minimum absolute atomic E-state index is 0.0527. The number of nitrogens with zero attached hydrogens (tertiary/aromatic N) is 3. The van der Waals surface area contributed by atoms with Crippen LogP contribution < -0.4 is 14.4 Å². The van der Waals surface area contributed by atoms with Gasteiger partial charge in [0.25, 0.3) is 0 Å². The molecule has 0 atom stereocenters. The van der Waals surface area contributed by atoms with Gasteiger partial charge in [-0.15, -0.1) is 0 Å². The van der Waals surface area contributed by atoms with Gasteiger partial charge in [-0.2, -0.15) is 0 Å². The Morgan fingerprint density at radius 3 is 2.81 bits per heavy atom. The molecule has 1 saturated heterocycles. The van der Waals surface area contributed by atoms with E-state index >= 15 is 0 Å². The van der Waals surface area contributed by atoms with Crippen molar-refractivity contribution >= 4 is 11.8 Å². The summed E-state index contributed by atoms with van der Waals surface area (Å²) in [7, 11) is 1.70. The fourth-order valence-electron chi connectivity index (χ4n) is 3.99. The first-order valence-corrected chi connectivity index (χ1v) is 10.9. The highest BCUT2D eigenvalue weighted by atomic mass is 16.7. The number of piperidine rings is 1. The lowest BCUT2D eigenvalue weighted by Crippen LogP contribution is -2.38. The number of rotatable bonds is 8. The first-order valence-electron chi connectivity index (χ1n) is 10.9. The van der Waals surface area contributed by atoms with E-state index in [9.17, 15) is 4.79 Å². The highest BCUT2D eigenvalue weighted by Gasteiger charge is 2.28. The summed E-state index contributed by atoms with van der Waals surface area (Å²) in [6.45, 7) is 4.65. The predicted molar refractivity (Wildman–Crippen MR) is 115 cm³/mol. The van der Waals surface area contributed by atoms with E-state index < -0.39 is 0 Å². The van der Waals surface area contributed by atoms with Crippen LogP contribution in [0.5, 0.6) is 11.5 Å². The number of fused-ring (bicyclic) bond motifs is 1. The molecule has 166 valence electrons. The minimum atomic E-state index is -0.0995. The van der Waals surface area contributed by atoms with Crippen LogP contribution in [0, 0.1) is 5.92 Å². The molecule has 2 aromatic rings. The molecule has 8 nitrogen and oxygen atoms in total. The lowest BCUT2D eigenvalue weighted by molar-refractivity contribution is -0.148. The number of hydrogen-bond acceptors (Lipinski definition) is 8. The van der Waals surface area contributed by atoms with Gasteiger partial charge in [-0.25, -0.2) is 4.98 Å². The maximum absolute atomic E-state index is 12.1. The van der Waals surface area contributed by atoms with Gasteiger partial charge in [-0.1, -0.05) is 0 Å². The van der Waals surface area contributed by atoms with Crippen molar-refractivity contribution in [3.63, 3.8) is 0 Å². The lowest BCUT2D eigenvalue weighted by atomic mass is 9.96. The van der Waals surface area contributed by atoms with Crippen molar-refractivity contribution in [2.75, 3.05) is 45.1 Å². The fourth-order valence-corrected chi connectivity index (χ4v) is 3.99. The summed E-state index contributed by atoms with van der Waals surface area (Å²) in [4.78, 5) is 24.1. The number of carbonyl (C=O) groups excluding carboxylic acids is 1. The summed E-state index contributed by atoms with van der Waals surface area (Å²) in [5.41, 5.74) is 2.68. The molecule has 2 aliphatic heterocycles. The summed E-state index contributed by atoms with van der Waals surface area (Å²) in [6.07, 6.45) is 5.02. The van der Waals surface area contributed by atoms with Gasteiger partial charge in [0.2, 0.25) is 6.79 Å². The Morgan fingerprint density at radius 1 is 1.23 bits per heavy atom. The normalized spacial score (nSPS) is 15.9. The molecular formula is C23H29N3O5. The number of anilines is 1. The third-order valence-electron chi connectivity index (χ3n) is 5.65. The SMILES string of the molecule is CCOC(=O)C1CCN(c2nc(CCCOC)cnc2-c2ccc3c(c2)OCO3)CC1. The van der Waals surface area contributed by atoms with E-state index in [-0.39, 0.29) is 18.7 Å². The molecule has 0 saturated carbocycles. The average molecular weight is 428 g/mol. The molecule has 0 radical (unpaired) electrons. The highest BCUT2D eigenvalue weighted by Crippen LogP contribution is 2.38. The van der Waals surface area contributed by atoms with E-state index in [0.29, 0.717) is 13.2 Å². The first kappa shape index (κ1) is 21.4. The molecule has 31 heavy (non-hydrogen) atoms. The largest absolute Gasteiger partial charge is 0.466 e. The number of benzene rings is 1. The number of esters is 1. The van der Waals surface area contributed by atoms with Crippen LogP contribution in [0.25, 0.3) is 11.3 Å². The molecule has 4 rings (SSSR count). The van der Waals surface area contributed by atoms with Crippen molar-refractivity contribution < 1.29 is 23.7 Å². The third kappa shape index (κ3) is 4.90. The smallest absolute Gasteiger partial charge is 0.309 e. The van der Waals surface area contributed by atoms with Crippen molar-refractivity contribution in [2.24, 2.45) is 5.92 Å². The van der Waals surface area contributed by atoms with Crippen LogP contribution in [0.3, 0.4) is 0 Å². The monoisotopic (exact) mass is 427 g/mol. The number of methoxy groups -OCH3 is 1. The number of hydrogen-bond donors (Lipinski definition) is 0. The lowest BCUT2D eigenvalue weighted by Gasteiger charge is -2.32. The van der Waals surface area contributed by atoms with E-state index in [2.05, 4.69) is 4.90 Å². The Morgan fingerprint density at radius 2 is 2.03 bits per heavy atom. The number of carbonyl (C=O) groups is 1. The summed E-state index contributed by atoms with van der Waals surface area (Å²) < 4.78 is 21.4. The van der Waals surface area contributed by atoms with Crippen LogP contribution in [-0.4, -0.2) is 56.1 Å². The quantitative estimate of drug-likeness (QED) is 0.469. The Kier molecular flexibility index (Phi) is 6.86. The highest BCUT2D eigenvalue weighted by molar-refractivity contribution is 5.76. The summed E-state index contributed by atoms with van der Waals surface area (Å²) >= 11 is 0. The molecule has 0 spiro atoms. The summed E-state index contributed by atoms with van der Waals surface area (Å²) in [5.74, 6) is 2.15. The van der Waals surface area contributed by atoms with E-state index in [4.69, 9.17) is 28.9 Å². The Labute approximate surface area is 182 Å². The number of aryl methyl sites for hydroxylation is 1. The zero-order valence-corrected chi connectivity index (χ0v) is 18.1. The molecular weight excluding hydrogens is 398 g/mol. The van der Waals surface area contributed by atoms with Gasteiger partial charge in [0.15, 0.2) is 17.3 Å². The van der Waals surface area contributed by atoms with Crippen LogP contribution in [0.2, 0.25) is 0 Å². The van der Waals surface area contributed by atoms with E-state index in [1.165, 1.54) is 0 Å². The Balaban J connectivity index is 1.59. The van der Waals surface area contributed by atoms with Gasteiger partial charge in [-0.05, 0) is 50.8 Å². The van der Waals surface area contributed by atoms with Crippen LogP contribution in [0.4, 0.5) is 5.82 Å². The topological polar surface area (TPSA) is 83.0 Å². The van der Waals surface area contributed by atoms with Crippen molar-refractivity contribution in [2.45, 2.75) is 32.6 Å². The average Bonchev–Trinajstić information content (AvgIpc) is 3.27. The standard InChI is InChI=1S/C23H29N3O5/c1-3-29-23(27)16-8-10-26(11-9-16)22-21(24-14-18(25-22)5-4-12-28-2)17-6-7-19-20(13-17)31-15-30-19/h6-7,13-14,16H,3-5,8-12,15H2,1-2H3. The van der Waals surface area contributed by atoms with E-state index in [0.717, 1.165) is 73.0 Å². The first-order chi connectivity index (χ1) is 15.2. The second kappa shape index (κ2) is 9.96. The van der Waals surface area contributed by atoms with Crippen molar-refractivity contribution in [1.29, 1.82) is 0 Å². The Bertz CT molecular complexity index is 912. The zero-order valence-electron chi connectivity index (χ0n) is 18.1. The number of aromatic nitrogens is 2. The molecule has 0 unspecified atom stereocenters. The van der Waals surface area contributed by atoms with Crippen molar-refractivity contribution in [3.05, 3.63) is 30.1 Å². The van der Waals surface area contributed by atoms with Gasteiger partial charge >= 0.3 is 5.97 Å². The molecule has 8 heteroatoms. The van der Waals surface area contributed by atoms with Gasteiger partial charge < -0.3 is 23.8 Å². The summed E-state index contributed by atoms with van der Waals surface area (Å²) in [6, 6.07) is 5.84. The molecule has 0 amide bonds.